The summed E-state index contributed by atoms with van der Waals surface area (Å²) in [6.45, 7) is 0.170. The Morgan fingerprint density at radius 3 is 2.53 bits per heavy atom. The molecule has 1 amide bonds. The lowest BCUT2D eigenvalue weighted by Crippen LogP contribution is -2.48. The SMILES string of the molecule is O=C(O)N1CC[C@H](NS(=O)(=O)C2CC2)[C@@H]1Cc1cccc(-c2cccc(F)c2)c1F. The van der Waals surface area contributed by atoms with Crippen molar-refractivity contribution in [3.8, 4) is 11.1 Å². The molecule has 0 radical (unpaired) electrons. The number of carbonyl (C=O) groups is 1. The second-order valence-electron chi connectivity index (χ2n) is 7.79. The van der Waals surface area contributed by atoms with Gasteiger partial charge in [-0.2, -0.15) is 0 Å². The first-order valence-electron chi connectivity index (χ1n) is 9.80. The summed E-state index contributed by atoms with van der Waals surface area (Å²) in [5.74, 6) is -1.05. The van der Waals surface area contributed by atoms with Gasteiger partial charge in [0.15, 0.2) is 0 Å². The Morgan fingerprint density at radius 1 is 1.13 bits per heavy atom. The summed E-state index contributed by atoms with van der Waals surface area (Å²) >= 11 is 0. The highest BCUT2D eigenvalue weighted by atomic mass is 32.2. The van der Waals surface area contributed by atoms with Crippen LogP contribution in [-0.2, 0) is 16.4 Å². The molecule has 6 nitrogen and oxygen atoms in total. The number of amides is 1. The smallest absolute Gasteiger partial charge is 0.407 e. The molecule has 2 aromatic rings. The maximum absolute atomic E-state index is 15.2. The van der Waals surface area contributed by atoms with Crippen molar-refractivity contribution < 1.29 is 27.1 Å². The summed E-state index contributed by atoms with van der Waals surface area (Å²) in [4.78, 5) is 12.8. The lowest BCUT2D eigenvalue weighted by molar-refractivity contribution is 0.137. The molecule has 0 spiro atoms. The van der Waals surface area contributed by atoms with E-state index in [1.54, 1.807) is 18.2 Å². The molecule has 9 heteroatoms. The molecule has 2 atom stereocenters. The Balaban J connectivity index is 1.63. The van der Waals surface area contributed by atoms with Crippen LogP contribution in [0, 0.1) is 11.6 Å². The number of halogens is 2. The molecule has 1 saturated heterocycles. The van der Waals surface area contributed by atoms with E-state index < -0.39 is 45.1 Å². The van der Waals surface area contributed by atoms with Crippen LogP contribution in [0.4, 0.5) is 13.6 Å². The monoisotopic (exact) mass is 436 g/mol. The molecule has 0 bridgehead atoms. The third kappa shape index (κ3) is 4.17. The van der Waals surface area contributed by atoms with Gasteiger partial charge in [-0.1, -0.05) is 30.3 Å². The van der Waals surface area contributed by atoms with E-state index in [4.69, 9.17) is 0 Å². The molecule has 2 aliphatic rings. The zero-order chi connectivity index (χ0) is 21.5. The van der Waals surface area contributed by atoms with E-state index in [0.29, 0.717) is 24.8 Å². The normalized spacial score (nSPS) is 21.7. The first-order chi connectivity index (χ1) is 14.3. The molecule has 1 aliphatic carbocycles. The number of sulfonamides is 1. The number of nitrogens with zero attached hydrogens (tertiary/aromatic N) is 1. The van der Waals surface area contributed by atoms with Crippen molar-refractivity contribution in [1.82, 2.24) is 9.62 Å². The highest BCUT2D eigenvalue weighted by Crippen LogP contribution is 2.32. The van der Waals surface area contributed by atoms with Gasteiger partial charge in [0, 0.05) is 18.2 Å². The highest BCUT2D eigenvalue weighted by molar-refractivity contribution is 7.90. The maximum Gasteiger partial charge on any atom is 0.407 e. The van der Waals surface area contributed by atoms with Crippen LogP contribution in [0.1, 0.15) is 24.8 Å². The number of nitrogens with one attached hydrogen (secondary N) is 1. The number of hydrogen-bond donors (Lipinski definition) is 2. The zero-order valence-electron chi connectivity index (χ0n) is 16.1. The molecule has 1 aliphatic heterocycles. The van der Waals surface area contributed by atoms with Crippen LogP contribution in [-0.4, -0.2) is 48.4 Å². The third-order valence-electron chi connectivity index (χ3n) is 5.71. The summed E-state index contributed by atoms with van der Waals surface area (Å²) in [6, 6.07) is 8.94. The zero-order valence-corrected chi connectivity index (χ0v) is 16.9. The predicted octanol–water partition coefficient (Wildman–Crippen LogP) is 3.38. The summed E-state index contributed by atoms with van der Waals surface area (Å²) in [5, 5.41) is 9.12. The molecule has 2 fully saturated rings. The van der Waals surface area contributed by atoms with Gasteiger partial charge in [-0.25, -0.2) is 26.7 Å². The molecule has 30 heavy (non-hydrogen) atoms. The largest absolute Gasteiger partial charge is 0.465 e. The Bertz CT molecular complexity index is 1070. The summed E-state index contributed by atoms with van der Waals surface area (Å²) in [6.07, 6.45) is 0.363. The summed E-state index contributed by atoms with van der Waals surface area (Å²) in [5.41, 5.74) is 0.842. The molecule has 0 aromatic heterocycles. The van der Waals surface area contributed by atoms with E-state index in [0.717, 1.165) is 4.90 Å². The molecular weight excluding hydrogens is 414 g/mol. The second kappa shape index (κ2) is 7.96. The number of benzene rings is 2. The van der Waals surface area contributed by atoms with Crippen molar-refractivity contribution in [3.63, 3.8) is 0 Å². The molecule has 1 heterocycles. The van der Waals surface area contributed by atoms with Crippen molar-refractivity contribution in [2.45, 2.75) is 43.0 Å². The van der Waals surface area contributed by atoms with Crippen molar-refractivity contribution in [2.75, 3.05) is 6.54 Å². The molecule has 2 N–H and O–H groups in total. The van der Waals surface area contributed by atoms with Crippen molar-refractivity contribution >= 4 is 16.1 Å². The number of hydrogen-bond acceptors (Lipinski definition) is 3. The average Bonchev–Trinajstić information content (AvgIpc) is 3.48. The Kier molecular flexibility index (Phi) is 5.50. The topological polar surface area (TPSA) is 86.7 Å². The first-order valence-corrected chi connectivity index (χ1v) is 11.3. The van der Waals surface area contributed by atoms with Gasteiger partial charge >= 0.3 is 6.09 Å². The van der Waals surface area contributed by atoms with E-state index in [1.807, 2.05) is 0 Å². The average molecular weight is 436 g/mol. The van der Waals surface area contributed by atoms with Crippen molar-refractivity contribution in [3.05, 3.63) is 59.7 Å². The summed E-state index contributed by atoms with van der Waals surface area (Å²) < 4.78 is 56.2. The van der Waals surface area contributed by atoms with Crippen LogP contribution < -0.4 is 4.72 Å². The molecular formula is C21H22F2N2O4S. The minimum atomic E-state index is -3.52. The van der Waals surface area contributed by atoms with Gasteiger partial charge in [0.2, 0.25) is 10.0 Å². The third-order valence-corrected chi connectivity index (χ3v) is 7.69. The number of carboxylic acid groups (broad SMARTS) is 1. The van der Waals surface area contributed by atoms with Gasteiger partial charge < -0.3 is 10.0 Å². The molecule has 0 unspecified atom stereocenters. The predicted molar refractivity (Wildman–Crippen MR) is 107 cm³/mol. The molecule has 4 rings (SSSR count). The minimum Gasteiger partial charge on any atom is -0.465 e. The standard InChI is InChI=1S/C21H22F2N2O4S/c22-15-5-1-3-13(11-15)17-6-2-4-14(20(17)23)12-19-18(9-10-25(19)21(26)27)24-30(28,29)16-7-8-16/h1-6,11,16,18-19,24H,7-10,12H2,(H,26,27)/t18-,19-/m0/s1. The first kappa shape index (κ1) is 20.7. The fourth-order valence-corrected chi connectivity index (χ4v) is 5.65. The number of likely N-dealkylation sites (tertiary alicyclic amines) is 1. The Labute approximate surface area is 173 Å². The van der Waals surface area contributed by atoms with Crippen LogP contribution in [0.25, 0.3) is 11.1 Å². The van der Waals surface area contributed by atoms with Crippen LogP contribution in [0.3, 0.4) is 0 Å². The maximum atomic E-state index is 15.2. The van der Waals surface area contributed by atoms with E-state index in [9.17, 15) is 22.7 Å². The van der Waals surface area contributed by atoms with Gasteiger partial charge in [-0.05, 0) is 48.9 Å². The van der Waals surface area contributed by atoms with E-state index in [-0.39, 0.29) is 24.1 Å². The van der Waals surface area contributed by atoms with Gasteiger partial charge in [0.25, 0.3) is 0 Å². The Morgan fingerprint density at radius 2 is 1.87 bits per heavy atom. The van der Waals surface area contributed by atoms with Gasteiger partial charge in [0.05, 0.1) is 11.3 Å². The second-order valence-corrected chi connectivity index (χ2v) is 9.79. The van der Waals surface area contributed by atoms with Gasteiger partial charge in [-0.3, -0.25) is 0 Å². The fourth-order valence-electron chi connectivity index (χ4n) is 4.01. The van der Waals surface area contributed by atoms with Gasteiger partial charge in [-0.15, -0.1) is 0 Å². The van der Waals surface area contributed by atoms with Crippen LogP contribution in [0.5, 0.6) is 0 Å². The molecule has 160 valence electrons. The van der Waals surface area contributed by atoms with E-state index in [1.165, 1.54) is 24.3 Å². The lowest BCUT2D eigenvalue weighted by atomic mass is 9.96. The molecule has 2 aromatic carbocycles. The van der Waals surface area contributed by atoms with E-state index >= 15 is 4.39 Å². The minimum absolute atomic E-state index is 0.0130. The lowest BCUT2D eigenvalue weighted by Gasteiger charge is -2.27. The fraction of sp³-hybridized carbons (Fsp3) is 0.381. The van der Waals surface area contributed by atoms with Crippen LogP contribution >= 0.6 is 0 Å². The van der Waals surface area contributed by atoms with Crippen LogP contribution in [0.15, 0.2) is 42.5 Å². The quantitative estimate of drug-likeness (QED) is 0.727. The van der Waals surface area contributed by atoms with E-state index in [2.05, 4.69) is 4.72 Å². The van der Waals surface area contributed by atoms with Crippen molar-refractivity contribution in [2.24, 2.45) is 0 Å². The van der Waals surface area contributed by atoms with Crippen LogP contribution in [0.2, 0.25) is 0 Å². The summed E-state index contributed by atoms with van der Waals surface area (Å²) in [7, 11) is -3.52. The van der Waals surface area contributed by atoms with Crippen molar-refractivity contribution in [1.29, 1.82) is 0 Å². The molecule has 1 saturated carbocycles. The van der Waals surface area contributed by atoms with Gasteiger partial charge in [0.1, 0.15) is 11.6 Å². The number of rotatable bonds is 6. The highest BCUT2D eigenvalue weighted by Gasteiger charge is 2.43. The Hall–Kier alpha value is -2.52.